The molecule has 2 unspecified atom stereocenters. The van der Waals surface area contributed by atoms with Gasteiger partial charge in [0, 0.05) is 0 Å². The minimum Gasteiger partial charge on any atom is -0.322 e. The largest absolute Gasteiger partial charge is 0.329 e. The van der Waals surface area contributed by atoms with Crippen LogP contribution in [0.4, 0.5) is 4.79 Å². The molecule has 0 aliphatic rings. The average molecular weight is 327 g/mol. The molecule has 0 heterocycles. The van der Waals surface area contributed by atoms with Gasteiger partial charge in [0.05, 0.1) is 11.1 Å². The molecule has 0 fully saturated rings. The third-order valence-corrected chi connectivity index (χ3v) is 4.65. The zero-order valence-corrected chi connectivity index (χ0v) is 13.9. The van der Waals surface area contributed by atoms with Crippen molar-refractivity contribution in [3.05, 3.63) is 30.3 Å². The Morgan fingerprint density at radius 3 is 2.50 bits per heavy atom. The maximum Gasteiger partial charge on any atom is 0.329 e. The number of urea groups is 1. The highest BCUT2D eigenvalue weighted by atomic mass is 32.2. The Morgan fingerprint density at radius 1 is 1.27 bits per heavy atom. The van der Waals surface area contributed by atoms with E-state index in [4.69, 9.17) is 5.73 Å². The number of nitrogens with one attached hydrogen (secondary N) is 2. The number of rotatable bonds is 8. The molecule has 124 valence electrons. The van der Waals surface area contributed by atoms with Crippen LogP contribution in [0.25, 0.3) is 0 Å². The fourth-order valence-electron chi connectivity index (χ4n) is 2.14. The molecular weight excluding hydrogens is 302 g/mol. The van der Waals surface area contributed by atoms with Gasteiger partial charge in [-0.2, -0.15) is 0 Å². The molecule has 0 spiro atoms. The van der Waals surface area contributed by atoms with Crippen molar-refractivity contribution in [1.29, 1.82) is 0 Å². The summed E-state index contributed by atoms with van der Waals surface area (Å²) < 4.78 is 25.9. The standard InChI is InChI=1S/C15H25N3O3S/c1-3-4-8-12(2)11-14(16)17-15(19)18-22(20,21)13-9-6-5-7-10-13/h5-7,9-10,12,14H,3-4,8,11,16H2,1-2H3,(H2,17,18,19). The van der Waals surface area contributed by atoms with Crippen LogP contribution in [-0.2, 0) is 10.0 Å². The van der Waals surface area contributed by atoms with E-state index in [0.717, 1.165) is 19.3 Å². The summed E-state index contributed by atoms with van der Waals surface area (Å²) >= 11 is 0. The number of nitrogens with two attached hydrogens (primary N) is 1. The van der Waals surface area contributed by atoms with E-state index in [1.54, 1.807) is 18.2 Å². The molecular formula is C15H25N3O3S. The molecule has 0 radical (unpaired) electrons. The number of hydrogen-bond donors (Lipinski definition) is 3. The Bertz CT molecular complexity index is 561. The number of carbonyl (C=O) groups excluding carboxylic acids is 1. The molecule has 0 bridgehead atoms. The summed E-state index contributed by atoms with van der Waals surface area (Å²) in [6.07, 6.45) is 3.30. The van der Waals surface area contributed by atoms with Crippen molar-refractivity contribution in [1.82, 2.24) is 10.0 Å². The van der Waals surface area contributed by atoms with Crippen LogP contribution >= 0.6 is 0 Å². The van der Waals surface area contributed by atoms with Crippen molar-refractivity contribution < 1.29 is 13.2 Å². The topological polar surface area (TPSA) is 101 Å². The first-order valence-electron chi connectivity index (χ1n) is 7.49. The average Bonchev–Trinajstić information content (AvgIpc) is 2.45. The molecule has 2 atom stereocenters. The van der Waals surface area contributed by atoms with E-state index in [-0.39, 0.29) is 4.90 Å². The highest BCUT2D eigenvalue weighted by Crippen LogP contribution is 2.12. The van der Waals surface area contributed by atoms with E-state index < -0.39 is 22.2 Å². The minimum atomic E-state index is -3.87. The van der Waals surface area contributed by atoms with Gasteiger partial charge >= 0.3 is 6.03 Å². The maximum absolute atomic E-state index is 12.0. The number of amides is 2. The van der Waals surface area contributed by atoms with Gasteiger partial charge in [-0.05, 0) is 24.5 Å². The van der Waals surface area contributed by atoms with E-state index in [1.807, 2.05) is 4.72 Å². The summed E-state index contributed by atoms with van der Waals surface area (Å²) in [4.78, 5) is 11.8. The lowest BCUT2D eigenvalue weighted by molar-refractivity contribution is 0.239. The second-order valence-corrected chi connectivity index (χ2v) is 7.16. The predicted molar refractivity (Wildman–Crippen MR) is 86.6 cm³/mol. The second kappa shape index (κ2) is 8.75. The van der Waals surface area contributed by atoms with E-state index in [9.17, 15) is 13.2 Å². The Kier molecular flexibility index (Phi) is 7.34. The third-order valence-electron chi connectivity index (χ3n) is 3.30. The molecule has 1 aromatic rings. The van der Waals surface area contributed by atoms with Crippen LogP contribution in [0.15, 0.2) is 35.2 Å². The van der Waals surface area contributed by atoms with Crippen LogP contribution in [0.1, 0.15) is 39.5 Å². The van der Waals surface area contributed by atoms with Gasteiger partial charge in [0.15, 0.2) is 0 Å². The first-order chi connectivity index (χ1) is 10.3. The fourth-order valence-corrected chi connectivity index (χ4v) is 3.08. The summed E-state index contributed by atoms with van der Waals surface area (Å²) in [7, 11) is -3.87. The van der Waals surface area contributed by atoms with Crippen LogP contribution < -0.4 is 15.8 Å². The molecule has 1 aromatic carbocycles. The summed E-state index contributed by atoms with van der Waals surface area (Å²) in [6.45, 7) is 4.18. The van der Waals surface area contributed by atoms with Crippen molar-refractivity contribution in [2.75, 3.05) is 0 Å². The van der Waals surface area contributed by atoms with E-state index in [2.05, 4.69) is 19.2 Å². The molecule has 0 saturated carbocycles. The first kappa shape index (κ1) is 18.4. The van der Waals surface area contributed by atoms with Gasteiger partial charge in [-0.3, -0.25) is 0 Å². The summed E-state index contributed by atoms with van der Waals surface area (Å²) in [5.74, 6) is 0.376. The lowest BCUT2D eigenvalue weighted by atomic mass is 9.99. The number of carbonyl (C=O) groups is 1. The predicted octanol–water partition coefficient (Wildman–Crippen LogP) is 2.18. The van der Waals surface area contributed by atoms with Crippen LogP contribution in [0.5, 0.6) is 0 Å². The van der Waals surface area contributed by atoms with Crippen molar-refractivity contribution in [3.63, 3.8) is 0 Å². The summed E-state index contributed by atoms with van der Waals surface area (Å²) in [6, 6.07) is 6.91. The normalized spacial score (nSPS) is 14.1. The third kappa shape index (κ3) is 6.44. The lowest BCUT2D eigenvalue weighted by Gasteiger charge is -2.18. The lowest BCUT2D eigenvalue weighted by Crippen LogP contribution is -2.48. The monoisotopic (exact) mass is 327 g/mol. The smallest absolute Gasteiger partial charge is 0.322 e. The Labute approximate surface area is 132 Å². The van der Waals surface area contributed by atoms with Crippen molar-refractivity contribution >= 4 is 16.1 Å². The first-order valence-corrected chi connectivity index (χ1v) is 8.97. The minimum absolute atomic E-state index is 0.0371. The van der Waals surface area contributed by atoms with E-state index >= 15 is 0 Å². The molecule has 0 aliphatic heterocycles. The molecule has 1 rings (SSSR count). The zero-order chi connectivity index (χ0) is 16.6. The molecule has 6 nitrogen and oxygen atoms in total. The summed E-state index contributed by atoms with van der Waals surface area (Å²) in [5, 5.41) is 2.46. The fraction of sp³-hybridized carbons (Fsp3) is 0.533. The van der Waals surface area contributed by atoms with Gasteiger partial charge in [-0.15, -0.1) is 0 Å². The number of unbranched alkanes of at least 4 members (excludes halogenated alkanes) is 1. The molecule has 0 aromatic heterocycles. The van der Waals surface area contributed by atoms with Crippen LogP contribution in [0.2, 0.25) is 0 Å². The molecule has 22 heavy (non-hydrogen) atoms. The Morgan fingerprint density at radius 2 is 1.91 bits per heavy atom. The van der Waals surface area contributed by atoms with Gasteiger partial charge in [0.2, 0.25) is 0 Å². The number of sulfonamides is 1. The second-order valence-electron chi connectivity index (χ2n) is 5.48. The Hall–Kier alpha value is -1.60. The highest BCUT2D eigenvalue weighted by Gasteiger charge is 2.19. The molecule has 0 saturated heterocycles. The SMILES string of the molecule is CCCCC(C)CC(N)NC(=O)NS(=O)(=O)c1ccccc1. The van der Waals surface area contributed by atoms with Crippen molar-refractivity contribution in [2.24, 2.45) is 11.7 Å². The number of benzene rings is 1. The number of hydrogen-bond acceptors (Lipinski definition) is 4. The zero-order valence-electron chi connectivity index (χ0n) is 13.1. The van der Waals surface area contributed by atoms with Gasteiger partial charge in [-0.1, -0.05) is 51.3 Å². The van der Waals surface area contributed by atoms with Gasteiger partial charge in [0.1, 0.15) is 0 Å². The molecule has 7 heteroatoms. The van der Waals surface area contributed by atoms with E-state index in [0.29, 0.717) is 12.3 Å². The van der Waals surface area contributed by atoms with Gasteiger partial charge < -0.3 is 11.1 Å². The van der Waals surface area contributed by atoms with Crippen molar-refractivity contribution in [2.45, 2.75) is 50.6 Å². The van der Waals surface area contributed by atoms with Crippen LogP contribution in [-0.4, -0.2) is 20.6 Å². The quantitative estimate of drug-likeness (QED) is 0.637. The molecule has 0 aliphatic carbocycles. The molecule has 4 N–H and O–H groups in total. The summed E-state index contributed by atoms with van der Waals surface area (Å²) in [5.41, 5.74) is 5.84. The van der Waals surface area contributed by atoms with Crippen LogP contribution in [0.3, 0.4) is 0 Å². The Balaban J connectivity index is 2.49. The van der Waals surface area contributed by atoms with Gasteiger partial charge in [-0.25, -0.2) is 17.9 Å². The van der Waals surface area contributed by atoms with E-state index in [1.165, 1.54) is 12.1 Å². The van der Waals surface area contributed by atoms with Gasteiger partial charge in [0.25, 0.3) is 10.0 Å². The maximum atomic E-state index is 12.0. The molecule has 2 amide bonds. The van der Waals surface area contributed by atoms with Crippen LogP contribution in [0, 0.1) is 5.92 Å². The van der Waals surface area contributed by atoms with Crippen molar-refractivity contribution in [3.8, 4) is 0 Å². The highest BCUT2D eigenvalue weighted by molar-refractivity contribution is 7.90.